The molecule has 1 heterocycles. The fourth-order valence-corrected chi connectivity index (χ4v) is 3.60. The third kappa shape index (κ3) is 4.88. The number of benzene rings is 2. The molecule has 31 heavy (non-hydrogen) atoms. The molecule has 1 unspecified atom stereocenters. The minimum Gasteiger partial charge on any atom is -0.498 e. The van der Waals surface area contributed by atoms with Crippen LogP contribution in [0, 0.1) is 5.41 Å². The van der Waals surface area contributed by atoms with E-state index in [0.717, 1.165) is 11.1 Å². The smallest absolute Gasteiger partial charge is 0.305 e. The lowest BCUT2D eigenvalue weighted by Gasteiger charge is -2.23. The van der Waals surface area contributed by atoms with E-state index in [9.17, 15) is 9.59 Å². The fraction of sp³-hybridized carbons (Fsp3) is 0.261. The Kier molecular flexibility index (Phi) is 7.83. The lowest BCUT2D eigenvalue weighted by molar-refractivity contribution is -0.140. The van der Waals surface area contributed by atoms with E-state index in [0.29, 0.717) is 35.4 Å². The number of carbonyl (C=O) groups excluding carboxylic acids is 2. The zero-order valence-electron chi connectivity index (χ0n) is 17.7. The summed E-state index contributed by atoms with van der Waals surface area (Å²) >= 11 is 0. The number of nitrogens with zero attached hydrogens (tertiary/aromatic N) is 1. The molecule has 0 saturated carbocycles. The van der Waals surface area contributed by atoms with Gasteiger partial charge in [-0.1, -0.05) is 24.3 Å². The van der Waals surface area contributed by atoms with Gasteiger partial charge in [-0.05, 0) is 48.7 Å². The first-order valence-electron chi connectivity index (χ1n) is 9.59. The highest BCUT2D eigenvalue weighted by molar-refractivity contribution is 6.30. The molecule has 0 bridgehead atoms. The van der Waals surface area contributed by atoms with Crippen LogP contribution in [0.15, 0.2) is 54.3 Å². The number of halogens is 1. The molecule has 1 atom stereocenters. The Morgan fingerprint density at radius 1 is 1.10 bits per heavy atom. The number of carbonyl (C=O) groups is 2. The van der Waals surface area contributed by atoms with Crippen LogP contribution in [0.3, 0.4) is 0 Å². The van der Waals surface area contributed by atoms with E-state index in [2.05, 4.69) is 4.74 Å². The summed E-state index contributed by atoms with van der Waals surface area (Å²) in [5.74, 6) is 0.163. The van der Waals surface area contributed by atoms with Crippen molar-refractivity contribution >= 4 is 41.4 Å². The molecule has 164 valence electrons. The first kappa shape index (κ1) is 24.0. The second-order valence-corrected chi connectivity index (χ2v) is 7.03. The lowest BCUT2D eigenvalue weighted by atomic mass is 10.0. The monoisotopic (exact) mass is 443 g/mol. The number of methoxy groups -OCH3 is 2. The predicted molar refractivity (Wildman–Crippen MR) is 122 cm³/mol. The third-order valence-corrected chi connectivity index (χ3v) is 5.21. The molecule has 0 spiro atoms. The zero-order chi connectivity index (χ0) is 21.8. The number of amides is 1. The number of aryl methyl sites for hydroxylation is 1. The second kappa shape index (κ2) is 10.1. The van der Waals surface area contributed by atoms with Gasteiger partial charge in [0.1, 0.15) is 11.6 Å². The van der Waals surface area contributed by atoms with Gasteiger partial charge >= 0.3 is 5.97 Å². The number of nitrogens with one attached hydrogen (secondary N) is 1. The first-order valence-corrected chi connectivity index (χ1v) is 9.59. The van der Waals surface area contributed by atoms with Gasteiger partial charge in [0.25, 0.3) is 5.91 Å². The van der Waals surface area contributed by atoms with Crippen LogP contribution in [0.1, 0.15) is 30.0 Å². The van der Waals surface area contributed by atoms with Crippen LogP contribution < -0.4 is 10.6 Å². The largest absolute Gasteiger partial charge is 0.498 e. The Bertz CT molecular complexity index is 1000. The van der Waals surface area contributed by atoms with E-state index in [1.54, 1.807) is 36.3 Å². The van der Waals surface area contributed by atoms with Crippen molar-refractivity contribution in [1.29, 1.82) is 5.41 Å². The molecule has 2 aromatic rings. The lowest BCUT2D eigenvalue weighted by Crippen LogP contribution is -2.33. The van der Waals surface area contributed by atoms with E-state index in [-0.39, 0.29) is 36.2 Å². The molecule has 8 heteroatoms. The highest BCUT2D eigenvalue weighted by atomic mass is 35.5. The van der Waals surface area contributed by atoms with Gasteiger partial charge in [0.05, 0.1) is 25.8 Å². The van der Waals surface area contributed by atoms with Crippen molar-refractivity contribution in [2.45, 2.75) is 25.8 Å². The predicted octanol–water partition coefficient (Wildman–Crippen LogP) is 3.29. The molecular formula is C23H26ClN3O4. The Hall–Kier alpha value is -3.32. The van der Waals surface area contributed by atoms with E-state index in [4.69, 9.17) is 15.9 Å². The normalized spacial score (nSPS) is 15.5. The van der Waals surface area contributed by atoms with Gasteiger partial charge in [0, 0.05) is 17.7 Å². The van der Waals surface area contributed by atoms with Crippen molar-refractivity contribution in [1.82, 2.24) is 0 Å². The summed E-state index contributed by atoms with van der Waals surface area (Å²) in [4.78, 5) is 26.3. The van der Waals surface area contributed by atoms with Crippen molar-refractivity contribution < 1.29 is 19.1 Å². The number of nitrogen functional groups attached to an aromatic ring is 1. The van der Waals surface area contributed by atoms with Crippen LogP contribution in [-0.2, 0) is 25.5 Å². The van der Waals surface area contributed by atoms with Crippen LogP contribution in [0.5, 0.6) is 0 Å². The topological polar surface area (TPSA) is 106 Å². The van der Waals surface area contributed by atoms with Crippen LogP contribution in [-0.4, -0.2) is 38.0 Å². The number of rotatable bonds is 7. The summed E-state index contributed by atoms with van der Waals surface area (Å²) in [6, 6.07) is 14.3. The minimum absolute atomic E-state index is 0. The van der Waals surface area contributed by atoms with E-state index in [1.165, 1.54) is 7.11 Å². The molecule has 0 aromatic heterocycles. The molecule has 3 rings (SSSR count). The molecule has 1 aliphatic rings. The number of anilines is 1. The molecule has 2 aromatic carbocycles. The van der Waals surface area contributed by atoms with E-state index in [1.807, 2.05) is 31.2 Å². The summed E-state index contributed by atoms with van der Waals surface area (Å²) in [5, 5.41) is 7.53. The molecule has 1 aliphatic heterocycles. The van der Waals surface area contributed by atoms with Crippen molar-refractivity contribution in [2.24, 2.45) is 5.73 Å². The van der Waals surface area contributed by atoms with Crippen LogP contribution in [0.4, 0.5) is 5.69 Å². The van der Waals surface area contributed by atoms with Crippen LogP contribution >= 0.6 is 12.4 Å². The molecule has 0 fully saturated rings. The molecule has 7 nitrogen and oxygen atoms in total. The number of hydrogen-bond acceptors (Lipinski definition) is 5. The van der Waals surface area contributed by atoms with Gasteiger partial charge in [-0.15, -0.1) is 12.4 Å². The summed E-state index contributed by atoms with van der Waals surface area (Å²) < 4.78 is 10.3. The maximum Gasteiger partial charge on any atom is 0.305 e. The number of esters is 1. The SMILES string of the molecule is COC(=O)CCc1ccc(C2=C(OC)C(C)N(c3ccc(C(=N)N)cc3)C2=O)cc1.Cl. The Labute approximate surface area is 187 Å². The van der Waals surface area contributed by atoms with Gasteiger partial charge in [-0.2, -0.15) is 0 Å². The Balaban J connectivity index is 0.00000341. The minimum atomic E-state index is -0.278. The zero-order valence-corrected chi connectivity index (χ0v) is 18.5. The Morgan fingerprint density at radius 2 is 1.71 bits per heavy atom. The summed E-state index contributed by atoms with van der Waals surface area (Å²) in [6.45, 7) is 1.91. The molecule has 0 aliphatic carbocycles. The van der Waals surface area contributed by atoms with Gasteiger partial charge in [0.15, 0.2) is 0 Å². The second-order valence-electron chi connectivity index (χ2n) is 7.03. The average molecular weight is 444 g/mol. The van der Waals surface area contributed by atoms with E-state index < -0.39 is 0 Å². The van der Waals surface area contributed by atoms with Crippen molar-refractivity contribution in [3.63, 3.8) is 0 Å². The molecular weight excluding hydrogens is 418 g/mol. The van der Waals surface area contributed by atoms with Crippen molar-refractivity contribution in [2.75, 3.05) is 19.1 Å². The van der Waals surface area contributed by atoms with Crippen molar-refractivity contribution in [3.05, 3.63) is 71.0 Å². The summed E-state index contributed by atoms with van der Waals surface area (Å²) in [6.07, 6.45) is 0.879. The number of nitrogens with two attached hydrogens (primary N) is 1. The third-order valence-electron chi connectivity index (χ3n) is 5.21. The number of amidine groups is 1. The molecule has 0 saturated heterocycles. The van der Waals surface area contributed by atoms with Crippen molar-refractivity contribution in [3.8, 4) is 0 Å². The maximum atomic E-state index is 13.3. The average Bonchev–Trinajstić information content (AvgIpc) is 3.01. The van der Waals surface area contributed by atoms with Gasteiger partial charge < -0.3 is 15.2 Å². The first-order chi connectivity index (χ1) is 14.4. The molecule has 3 N–H and O–H groups in total. The maximum absolute atomic E-state index is 13.3. The number of hydrogen-bond donors (Lipinski definition) is 2. The van der Waals surface area contributed by atoms with Crippen LogP contribution in [0.2, 0.25) is 0 Å². The summed E-state index contributed by atoms with van der Waals surface area (Å²) in [5.41, 5.74) is 9.08. The number of ether oxygens (including phenoxy) is 2. The highest BCUT2D eigenvalue weighted by Gasteiger charge is 2.39. The quantitative estimate of drug-likeness (QED) is 0.388. The molecule has 0 radical (unpaired) electrons. The van der Waals surface area contributed by atoms with Crippen LogP contribution in [0.25, 0.3) is 5.57 Å². The Morgan fingerprint density at radius 3 is 2.23 bits per heavy atom. The summed E-state index contributed by atoms with van der Waals surface area (Å²) in [7, 11) is 2.93. The molecule has 1 amide bonds. The van der Waals surface area contributed by atoms with Gasteiger partial charge in [-0.25, -0.2) is 0 Å². The fourth-order valence-electron chi connectivity index (χ4n) is 3.60. The standard InChI is InChI=1S/C23H25N3O4.ClH/c1-14-21(30-3)20(16-7-4-15(5-8-16)6-13-19(27)29-2)23(28)26(14)18-11-9-17(10-12-18)22(24)25;/h4-5,7-12,14H,6,13H2,1-3H3,(H3,24,25);1H. The van der Waals surface area contributed by atoms with E-state index >= 15 is 0 Å². The highest BCUT2D eigenvalue weighted by Crippen LogP contribution is 2.36. The van der Waals surface area contributed by atoms with Gasteiger partial charge in [0.2, 0.25) is 0 Å². The van der Waals surface area contributed by atoms with Gasteiger partial charge in [-0.3, -0.25) is 19.9 Å².